The molecule has 240 valence electrons. The van der Waals surface area contributed by atoms with E-state index in [1.54, 1.807) is 0 Å². The van der Waals surface area contributed by atoms with Crippen molar-refractivity contribution in [3.8, 4) is 0 Å². The minimum atomic E-state index is -0.972. The monoisotopic (exact) mass is 710 g/mol. The van der Waals surface area contributed by atoms with Gasteiger partial charge in [0.15, 0.2) is 0 Å². The fraction of sp³-hybridized carbons (Fsp3) is 0.341. The molecular formula is C41H50ClGeN2P. The zero-order valence-electron chi connectivity index (χ0n) is 29.1. The summed E-state index contributed by atoms with van der Waals surface area (Å²) in [4.78, 5) is 5.66. The summed E-state index contributed by atoms with van der Waals surface area (Å²) in [7, 11) is 6.30. The summed E-state index contributed by atoms with van der Waals surface area (Å²) in [6, 6.07) is 35.4. The van der Waals surface area contributed by atoms with Crippen molar-refractivity contribution in [3.63, 3.8) is 0 Å². The SMILES string of the molecule is C/C(=C/C(CP(c1ccccc1)c1ccccc1)=Nc1c(C(C)C)cccc1C(C)C)[N]([Ge][Cl])c1c(C(C)C)cccc1C(C)C. The van der Waals surface area contributed by atoms with Crippen molar-refractivity contribution in [3.05, 3.63) is 131 Å². The van der Waals surface area contributed by atoms with Crippen molar-refractivity contribution in [2.75, 3.05) is 10.0 Å². The van der Waals surface area contributed by atoms with Crippen LogP contribution in [0, 0.1) is 0 Å². The van der Waals surface area contributed by atoms with Crippen LogP contribution in [0.5, 0.6) is 0 Å². The molecule has 4 rings (SSSR count). The summed E-state index contributed by atoms with van der Waals surface area (Å²) in [6.45, 7) is 20.5. The first-order chi connectivity index (χ1) is 22.0. The molecule has 4 aromatic carbocycles. The van der Waals surface area contributed by atoms with E-state index >= 15 is 0 Å². The van der Waals surface area contributed by atoms with E-state index in [2.05, 4.69) is 169 Å². The van der Waals surface area contributed by atoms with Crippen molar-refractivity contribution in [2.24, 2.45) is 4.99 Å². The van der Waals surface area contributed by atoms with Gasteiger partial charge in [0, 0.05) is 0 Å². The van der Waals surface area contributed by atoms with Crippen LogP contribution in [0.25, 0.3) is 0 Å². The second-order valence-electron chi connectivity index (χ2n) is 13.3. The van der Waals surface area contributed by atoms with Gasteiger partial charge in [0.25, 0.3) is 0 Å². The van der Waals surface area contributed by atoms with Crippen LogP contribution < -0.4 is 14.5 Å². The molecule has 0 fully saturated rings. The molecule has 4 aromatic rings. The molecule has 0 saturated carbocycles. The summed E-state index contributed by atoms with van der Waals surface area (Å²) in [5.41, 5.74) is 9.97. The van der Waals surface area contributed by atoms with Gasteiger partial charge in [0.2, 0.25) is 0 Å². The molecule has 0 unspecified atom stereocenters. The van der Waals surface area contributed by atoms with Gasteiger partial charge in [-0.3, -0.25) is 0 Å². The molecule has 0 amide bonds. The predicted molar refractivity (Wildman–Crippen MR) is 208 cm³/mol. The van der Waals surface area contributed by atoms with Crippen LogP contribution in [-0.4, -0.2) is 26.6 Å². The molecule has 46 heavy (non-hydrogen) atoms. The molecule has 0 N–H and O–H groups in total. The van der Waals surface area contributed by atoms with Gasteiger partial charge >= 0.3 is 292 Å². The normalized spacial score (nSPS) is 12.7. The third kappa shape index (κ3) is 8.82. The number of nitrogens with zero attached hydrogens (tertiary/aromatic N) is 2. The van der Waals surface area contributed by atoms with Crippen LogP contribution in [0.2, 0.25) is 0 Å². The van der Waals surface area contributed by atoms with Gasteiger partial charge < -0.3 is 0 Å². The Morgan fingerprint density at radius 2 is 1.07 bits per heavy atom. The molecule has 0 aromatic heterocycles. The molecule has 5 heteroatoms. The summed E-state index contributed by atoms with van der Waals surface area (Å²) in [5, 5.41) is 2.72. The number of para-hydroxylation sites is 2. The van der Waals surface area contributed by atoms with Crippen LogP contribution >= 0.6 is 17.9 Å². The fourth-order valence-electron chi connectivity index (χ4n) is 5.97. The molecular weight excluding hydrogens is 660 g/mol. The number of anilines is 1. The van der Waals surface area contributed by atoms with Crippen molar-refractivity contribution < 1.29 is 0 Å². The summed E-state index contributed by atoms with van der Waals surface area (Å²) >= 11 is -0.972. The maximum atomic E-state index is 7.00. The van der Waals surface area contributed by atoms with E-state index in [4.69, 9.17) is 15.0 Å². The van der Waals surface area contributed by atoms with Crippen LogP contribution in [0.1, 0.15) is 108 Å². The summed E-state index contributed by atoms with van der Waals surface area (Å²) < 4.78 is 2.42. The predicted octanol–water partition coefficient (Wildman–Crippen LogP) is 11.6. The third-order valence-corrected chi connectivity index (χ3v) is 13.4. The molecule has 0 aliphatic heterocycles. The first-order valence-corrected chi connectivity index (χ1v) is 21.8. The van der Waals surface area contributed by atoms with Gasteiger partial charge in [-0.15, -0.1) is 0 Å². The molecule has 0 atom stereocenters. The summed E-state index contributed by atoms with van der Waals surface area (Å²) in [5.74, 6) is 1.52. The van der Waals surface area contributed by atoms with Gasteiger partial charge in [-0.05, 0) is 0 Å². The van der Waals surface area contributed by atoms with Gasteiger partial charge in [0.1, 0.15) is 0 Å². The average Bonchev–Trinajstić information content (AvgIpc) is 3.04. The van der Waals surface area contributed by atoms with E-state index in [0.717, 1.165) is 23.3 Å². The van der Waals surface area contributed by atoms with Crippen molar-refractivity contribution in [1.82, 2.24) is 0 Å². The van der Waals surface area contributed by atoms with E-state index in [9.17, 15) is 0 Å². The van der Waals surface area contributed by atoms with Gasteiger partial charge in [-0.2, -0.15) is 0 Å². The Bertz CT molecular complexity index is 1540. The number of hydrogen-bond donors (Lipinski definition) is 0. The number of aliphatic imine (C=N–C) groups is 1. The number of benzene rings is 4. The average molecular weight is 710 g/mol. The fourth-order valence-corrected chi connectivity index (χ4v) is 10.4. The minimum absolute atomic E-state index is 0.367. The number of hydrogen-bond acceptors (Lipinski definition) is 2. The third-order valence-electron chi connectivity index (χ3n) is 8.43. The number of rotatable bonds is 13. The Balaban J connectivity index is 1.97. The van der Waals surface area contributed by atoms with Crippen LogP contribution in [0.4, 0.5) is 11.4 Å². The zero-order valence-corrected chi connectivity index (χ0v) is 32.8. The van der Waals surface area contributed by atoms with Crippen molar-refractivity contribution in [2.45, 2.75) is 86.0 Å². The Morgan fingerprint density at radius 3 is 1.46 bits per heavy atom. The topological polar surface area (TPSA) is 15.6 Å². The van der Waals surface area contributed by atoms with Gasteiger partial charge in [-0.1, -0.05) is 0 Å². The molecule has 0 spiro atoms. The maximum absolute atomic E-state index is 7.00. The summed E-state index contributed by atoms with van der Waals surface area (Å²) in [6.07, 6.45) is 3.18. The van der Waals surface area contributed by atoms with Crippen molar-refractivity contribution in [1.29, 1.82) is 0 Å². The van der Waals surface area contributed by atoms with Crippen molar-refractivity contribution >= 4 is 60.4 Å². The molecule has 0 bridgehead atoms. The van der Waals surface area contributed by atoms with Gasteiger partial charge in [-0.25, -0.2) is 0 Å². The molecule has 0 aliphatic rings. The molecule has 2 radical (unpaired) electrons. The molecule has 2 nitrogen and oxygen atoms in total. The Hall–Kier alpha value is -2.65. The second kappa shape index (κ2) is 17.0. The van der Waals surface area contributed by atoms with E-state index in [1.807, 2.05) is 0 Å². The first-order valence-electron chi connectivity index (χ1n) is 16.6. The van der Waals surface area contributed by atoms with Gasteiger partial charge in [0.05, 0.1) is 0 Å². The first kappa shape index (κ1) is 36.2. The van der Waals surface area contributed by atoms with Crippen LogP contribution in [-0.2, 0) is 0 Å². The number of allylic oxidation sites excluding steroid dienone is 2. The molecule has 0 saturated heterocycles. The van der Waals surface area contributed by atoms with E-state index in [-0.39, 0.29) is 0 Å². The Labute approximate surface area is 291 Å². The quantitative estimate of drug-likeness (QED) is 0.0767. The number of halogens is 1. The van der Waals surface area contributed by atoms with Crippen LogP contribution in [0.3, 0.4) is 0 Å². The zero-order chi connectivity index (χ0) is 33.4. The molecule has 0 heterocycles. The van der Waals surface area contributed by atoms with E-state index in [0.29, 0.717) is 23.7 Å². The van der Waals surface area contributed by atoms with Crippen LogP contribution in [0.15, 0.2) is 114 Å². The molecule has 0 aliphatic carbocycles. The Kier molecular flexibility index (Phi) is 13.3. The van der Waals surface area contributed by atoms with E-state index < -0.39 is 22.6 Å². The second-order valence-corrected chi connectivity index (χ2v) is 17.6. The van der Waals surface area contributed by atoms with E-state index in [1.165, 1.54) is 38.6 Å². The standard InChI is InChI=1S/C41H50ClGeN2P/c1-28(2)36-22-16-23-37(29(3)4)40(36)44-33(27-46(34-18-12-10-13-19-34)35-20-14-11-15-21-35)26-32(9)45(43-42)41-38(30(5)6)24-17-25-39(41)31(7)8/h10-26,28-31H,27H2,1-9H3/b32-26-,44-33?. The Morgan fingerprint density at radius 1 is 0.652 bits per heavy atom.